The Balaban J connectivity index is 2.14. The van der Waals surface area contributed by atoms with Crippen molar-refractivity contribution in [2.75, 3.05) is 7.11 Å². The number of aromatic amines is 1. The van der Waals surface area contributed by atoms with Crippen LogP contribution in [0.25, 0.3) is 10.9 Å². The van der Waals surface area contributed by atoms with Crippen LogP contribution >= 0.6 is 0 Å². The normalized spacial score (nSPS) is 12.0. The predicted molar refractivity (Wildman–Crippen MR) is 86.3 cm³/mol. The fourth-order valence-corrected chi connectivity index (χ4v) is 2.63. The minimum absolute atomic E-state index is 0.0623. The van der Waals surface area contributed by atoms with Gasteiger partial charge in [-0.25, -0.2) is 0 Å². The highest BCUT2D eigenvalue weighted by molar-refractivity contribution is 5.92. The zero-order valence-corrected chi connectivity index (χ0v) is 12.8. The molecule has 0 aliphatic carbocycles. The molecule has 1 unspecified atom stereocenters. The van der Waals surface area contributed by atoms with Crippen LogP contribution in [-0.4, -0.2) is 28.1 Å². The van der Waals surface area contributed by atoms with E-state index in [1.165, 1.54) is 13.3 Å². The van der Waals surface area contributed by atoms with Gasteiger partial charge >= 0.3 is 0 Å². The molecule has 0 saturated heterocycles. The summed E-state index contributed by atoms with van der Waals surface area (Å²) in [6, 6.07) is 10.3. The van der Waals surface area contributed by atoms with Crippen molar-refractivity contribution in [2.24, 2.45) is 5.73 Å². The van der Waals surface area contributed by atoms with Gasteiger partial charge in [-0.2, -0.15) is 5.26 Å². The summed E-state index contributed by atoms with van der Waals surface area (Å²) in [4.78, 5) is 18.2. The first kappa shape index (κ1) is 15.5. The second-order valence-corrected chi connectivity index (χ2v) is 5.21. The maximum Gasteiger partial charge on any atom is 0.250 e. The number of methoxy groups -OCH3 is 1. The minimum atomic E-state index is -0.672. The lowest BCUT2D eigenvalue weighted by molar-refractivity contribution is 0.0999. The van der Waals surface area contributed by atoms with Crippen LogP contribution in [0.4, 0.5) is 0 Å². The molecule has 24 heavy (non-hydrogen) atoms. The molecule has 7 nitrogen and oxygen atoms in total. The Labute approximate surface area is 137 Å². The SMILES string of the molecule is COC(c1ccc(C(N)=O)cn1)c1c(O)[nH]c2ccc(C#N)cc12. The lowest BCUT2D eigenvalue weighted by Crippen LogP contribution is -2.12. The zero-order valence-electron chi connectivity index (χ0n) is 12.8. The van der Waals surface area contributed by atoms with Crippen molar-refractivity contribution in [1.82, 2.24) is 9.97 Å². The van der Waals surface area contributed by atoms with E-state index in [1.807, 2.05) is 0 Å². The number of pyridine rings is 1. The van der Waals surface area contributed by atoms with Gasteiger partial charge in [0.05, 0.1) is 28.5 Å². The summed E-state index contributed by atoms with van der Waals surface area (Å²) in [6.45, 7) is 0. The number of hydrogen-bond donors (Lipinski definition) is 3. The number of carbonyl (C=O) groups is 1. The van der Waals surface area contributed by atoms with Crippen LogP contribution in [0.3, 0.4) is 0 Å². The Morgan fingerprint density at radius 2 is 2.21 bits per heavy atom. The summed E-state index contributed by atoms with van der Waals surface area (Å²) < 4.78 is 5.50. The number of nitrogens with two attached hydrogens (primary N) is 1. The van der Waals surface area contributed by atoms with Crippen molar-refractivity contribution in [3.05, 3.63) is 58.9 Å². The molecule has 3 rings (SSSR count). The first-order valence-corrected chi connectivity index (χ1v) is 7.08. The number of nitrogens with one attached hydrogen (secondary N) is 1. The highest BCUT2D eigenvalue weighted by Gasteiger charge is 2.24. The molecule has 4 N–H and O–H groups in total. The van der Waals surface area contributed by atoms with Gasteiger partial charge < -0.3 is 20.6 Å². The molecular formula is C17H14N4O3. The first-order valence-electron chi connectivity index (χ1n) is 7.08. The lowest BCUT2D eigenvalue weighted by Gasteiger charge is -2.15. The molecule has 3 aromatic rings. The van der Waals surface area contributed by atoms with Gasteiger partial charge in [0.2, 0.25) is 5.91 Å². The smallest absolute Gasteiger partial charge is 0.250 e. The van der Waals surface area contributed by atoms with E-state index in [1.54, 1.807) is 30.3 Å². The molecule has 7 heteroatoms. The Morgan fingerprint density at radius 3 is 2.79 bits per heavy atom. The molecule has 1 amide bonds. The second kappa shape index (κ2) is 6.02. The summed E-state index contributed by atoms with van der Waals surface area (Å²) in [5.41, 5.74) is 7.61. The summed E-state index contributed by atoms with van der Waals surface area (Å²) in [5.74, 6) is -0.635. The molecule has 0 radical (unpaired) electrons. The van der Waals surface area contributed by atoms with E-state index in [2.05, 4.69) is 16.0 Å². The molecule has 1 aromatic carbocycles. The largest absolute Gasteiger partial charge is 0.494 e. The molecule has 1 atom stereocenters. The third-order valence-electron chi connectivity index (χ3n) is 3.78. The fourth-order valence-electron chi connectivity index (χ4n) is 2.63. The number of H-pyrrole nitrogens is 1. The quantitative estimate of drug-likeness (QED) is 0.677. The van der Waals surface area contributed by atoms with E-state index in [0.29, 0.717) is 27.7 Å². The van der Waals surface area contributed by atoms with Gasteiger partial charge in [-0.05, 0) is 30.3 Å². The van der Waals surface area contributed by atoms with E-state index in [0.717, 1.165) is 0 Å². The van der Waals surface area contributed by atoms with Gasteiger partial charge in [-0.1, -0.05) is 0 Å². The van der Waals surface area contributed by atoms with Crippen LogP contribution in [0.5, 0.6) is 5.88 Å². The predicted octanol–water partition coefficient (Wildman–Crippen LogP) is 1.97. The molecule has 120 valence electrons. The summed E-state index contributed by atoms with van der Waals surface area (Å²) in [6.07, 6.45) is 0.686. The summed E-state index contributed by atoms with van der Waals surface area (Å²) in [7, 11) is 1.49. The number of carbonyl (C=O) groups excluding carboxylic acids is 1. The van der Waals surface area contributed by atoms with Crippen LogP contribution in [0.2, 0.25) is 0 Å². The summed E-state index contributed by atoms with van der Waals surface area (Å²) in [5, 5.41) is 20.0. The molecule has 0 saturated carbocycles. The van der Waals surface area contributed by atoms with Crippen molar-refractivity contribution in [1.29, 1.82) is 5.26 Å². The number of hydrogen-bond acceptors (Lipinski definition) is 5. The Bertz CT molecular complexity index is 954. The standard InChI is InChI=1S/C17H14N4O3/c1-24-15(13-5-3-10(8-20-13)16(19)22)14-11-6-9(7-18)2-4-12(11)21-17(14)23/h2-6,8,15,21,23H,1H3,(H2,19,22). The Morgan fingerprint density at radius 1 is 1.42 bits per heavy atom. The van der Waals surface area contributed by atoms with E-state index >= 15 is 0 Å². The molecule has 2 heterocycles. The van der Waals surface area contributed by atoms with Crippen LogP contribution in [-0.2, 0) is 4.74 Å². The number of nitriles is 1. The maximum absolute atomic E-state index is 11.2. The van der Waals surface area contributed by atoms with Crippen molar-refractivity contribution >= 4 is 16.8 Å². The maximum atomic E-state index is 11.2. The number of rotatable bonds is 4. The third kappa shape index (κ3) is 2.55. The van der Waals surface area contributed by atoms with Crippen molar-refractivity contribution in [3.63, 3.8) is 0 Å². The van der Waals surface area contributed by atoms with Crippen LogP contribution in [0.15, 0.2) is 36.5 Å². The molecule has 0 aliphatic rings. The number of nitrogens with zero attached hydrogens (tertiary/aromatic N) is 2. The zero-order chi connectivity index (χ0) is 17.3. The van der Waals surface area contributed by atoms with Gasteiger partial charge in [0.15, 0.2) is 5.88 Å². The number of primary amides is 1. The van der Waals surface area contributed by atoms with Gasteiger partial charge in [0, 0.05) is 24.2 Å². The topological polar surface area (TPSA) is 125 Å². The number of ether oxygens (including phenoxy) is 1. The second-order valence-electron chi connectivity index (χ2n) is 5.21. The fraction of sp³-hybridized carbons (Fsp3) is 0.118. The monoisotopic (exact) mass is 322 g/mol. The summed E-state index contributed by atoms with van der Waals surface area (Å²) >= 11 is 0. The van der Waals surface area contributed by atoms with E-state index in [9.17, 15) is 9.90 Å². The number of amides is 1. The van der Waals surface area contributed by atoms with Crippen molar-refractivity contribution in [3.8, 4) is 11.9 Å². The van der Waals surface area contributed by atoms with E-state index in [4.69, 9.17) is 15.7 Å². The van der Waals surface area contributed by atoms with Gasteiger partial charge in [-0.3, -0.25) is 9.78 Å². The number of aromatic nitrogens is 2. The van der Waals surface area contributed by atoms with E-state index in [-0.39, 0.29) is 11.4 Å². The average molecular weight is 322 g/mol. The highest BCUT2D eigenvalue weighted by atomic mass is 16.5. The van der Waals surface area contributed by atoms with Crippen molar-refractivity contribution < 1.29 is 14.6 Å². The lowest BCUT2D eigenvalue weighted by atomic mass is 10.0. The first-order chi connectivity index (χ1) is 11.5. The van der Waals surface area contributed by atoms with Crippen LogP contribution in [0, 0.1) is 11.3 Å². The third-order valence-corrected chi connectivity index (χ3v) is 3.78. The molecule has 0 fully saturated rings. The van der Waals surface area contributed by atoms with Gasteiger partial charge in [0.25, 0.3) is 0 Å². The average Bonchev–Trinajstić information content (AvgIpc) is 2.91. The van der Waals surface area contributed by atoms with E-state index < -0.39 is 12.0 Å². The molecule has 0 aliphatic heterocycles. The Kier molecular flexibility index (Phi) is 3.90. The molecular weight excluding hydrogens is 308 g/mol. The van der Waals surface area contributed by atoms with Crippen LogP contribution < -0.4 is 5.73 Å². The highest BCUT2D eigenvalue weighted by Crippen LogP contribution is 2.37. The minimum Gasteiger partial charge on any atom is -0.494 e. The Hall–Kier alpha value is -3.37. The van der Waals surface area contributed by atoms with Gasteiger partial charge in [-0.15, -0.1) is 0 Å². The number of aromatic hydroxyl groups is 1. The molecule has 0 bridgehead atoms. The van der Waals surface area contributed by atoms with Gasteiger partial charge in [0.1, 0.15) is 6.10 Å². The number of fused-ring (bicyclic) bond motifs is 1. The molecule has 0 spiro atoms. The molecule has 2 aromatic heterocycles. The van der Waals surface area contributed by atoms with Crippen LogP contribution in [0.1, 0.15) is 33.3 Å². The van der Waals surface area contributed by atoms with Crippen molar-refractivity contribution in [2.45, 2.75) is 6.10 Å². The number of benzene rings is 1.